The number of aryl methyl sites for hydroxylation is 1. The van der Waals surface area contributed by atoms with Gasteiger partial charge in [-0.2, -0.15) is 0 Å². The number of rotatable bonds is 6. The summed E-state index contributed by atoms with van der Waals surface area (Å²) in [5, 5.41) is 11.3. The van der Waals surface area contributed by atoms with Crippen LogP contribution in [-0.4, -0.2) is 49.1 Å². The zero-order valence-corrected chi connectivity index (χ0v) is 20.2. The Bertz CT molecular complexity index is 1340. The minimum absolute atomic E-state index is 0.120. The van der Waals surface area contributed by atoms with Crippen LogP contribution in [0.15, 0.2) is 54.1 Å². The Kier molecular flexibility index (Phi) is 6.57. The summed E-state index contributed by atoms with van der Waals surface area (Å²) in [6.07, 6.45) is 0. The third-order valence-electron chi connectivity index (χ3n) is 5.60. The van der Waals surface area contributed by atoms with E-state index < -0.39 is 23.7 Å². The lowest BCUT2D eigenvalue weighted by atomic mass is 9.94. The molecule has 2 heterocycles. The highest BCUT2D eigenvalue weighted by Gasteiger charge is 2.49. The number of ether oxygens (including phenoxy) is 3. The van der Waals surface area contributed by atoms with Crippen molar-refractivity contribution in [3.63, 3.8) is 0 Å². The van der Waals surface area contributed by atoms with E-state index in [-0.39, 0.29) is 21.3 Å². The van der Waals surface area contributed by atoms with E-state index in [1.165, 1.54) is 26.2 Å². The van der Waals surface area contributed by atoms with E-state index in [4.69, 9.17) is 14.2 Å². The minimum Gasteiger partial charge on any atom is -0.507 e. The average Bonchev–Trinajstić information content (AvgIpc) is 3.39. The van der Waals surface area contributed by atoms with Gasteiger partial charge in [-0.05, 0) is 37.3 Å². The number of esters is 1. The summed E-state index contributed by atoms with van der Waals surface area (Å²) in [4.78, 5) is 44.6. The maximum atomic E-state index is 13.3. The second-order valence-corrected chi connectivity index (χ2v) is 8.52. The second-order valence-electron chi connectivity index (χ2n) is 7.54. The standard InChI is InChI=1S/C25H22N2O7S/c1-13-22(24(31)34-4)35-25(26-13)27-19(16-7-5-6-8-17(16)33-3)18(21(29)23(27)30)20(28)14-9-11-15(32-2)12-10-14/h5-12,19,28H,1-4H3. The summed E-state index contributed by atoms with van der Waals surface area (Å²) in [7, 11) is 4.23. The van der Waals surface area contributed by atoms with Crippen LogP contribution in [0.25, 0.3) is 5.76 Å². The predicted octanol–water partition coefficient (Wildman–Crippen LogP) is 3.88. The number of anilines is 1. The molecule has 35 heavy (non-hydrogen) atoms. The first-order chi connectivity index (χ1) is 16.8. The molecule has 3 aromatic rings. The number of ketones is 1. The maximum absolute atomic E-state index is 13.3. The van der Waals surface area contributed by atoms with Crippen LogP contribution >= 0.6 is 11.3 Å². The molecule has 9 nitrogen and oxygen atoms in total. The number of para-hydroxylation sites is 1. The molecule has 180 valence electrons. The highest BCUT2D eigenvalue weighted by atomic mass is 32.1. The van der Waals surface area contributed by atoms with Crippen molar-refractivity contribution in [3.8, 4) is 11.5 Å². The zero-order chi connectivity index (χ0) is 25.3. The summed E-state index contributed by atoms with van der Waals surface area (Å²) >= 11 is 0.927. The van der Waals surface area contributed by atoms with Gasteiger partial charge in [-0.25, -0.2) is 9.78 Å². The van der Waals surface area contributed by atoms with Gasteiger partial charge in [0.1, 0.15) is 28.2 Å². The van der Waals surface area contributed by atoms with E-state index >= 15 is 0 Å². The molecule has 2 aromatic carbocycles. The number of benzene rings is 2. The van der Waals surface area contributed by atoms with Crippen molar-refractivity contribution in [1.82, 2.24) is 4.98 Å². The highest BCUT2D eigenvalue weighted by molar-refractivity contribution is 7.17. The van der Waals surface area contributed by atoms with E-state index in [0.29, 0.717) is 28.3 Å². The Morgan fingerprint density at radius 2 is 1.71 bits per heavy atom. The molecular formula is C25H22N2O7S. The van der Waals surface area contributed by atoms with E-state index in [0.717, 1.165) is 11.3 Å². The quantitative estimate of drug-likeness (QED) is 0.238. The number of amides is 1. The molecule has 1 unspecified atom stereocenters. The average molecular weight is 495 g/mol. The fraction of sp³-hybridized carbons (Fsp3) is 0.200. The lowest BCUT2D eigenvalue weighted by molar-refractivity contribution is -0.132. The molecule has 1 fully saturated rings. The molecule has 1 N–H and O–H groups in total. The van der Waals surface area contributed by atoms with E-state index in [2.05, 4.69) is 4.98 Å². The number of methoxy groups -OCH3 is 3. The number of hydrogen-bond acceptors (Lipinski definition) is 9. The largest absolute Gasteiger partial charge is 0.507 e. The van der Waals surface area contributed by atoms with Crippen molar-refractivity contribution in [2.75, 3.05) is 26.2 Å². The van der Waals surface area contributed by atoms with E-state index in [1.807, 2.05) is 0 Å². The van der Waals surface area contributed by atoms with Crippen LogP contribution in [0, 0.1) is 6.92 Å². The minimum atomic E-state index is -1.05. The molecule has 0 radical (unpaired) electrons. The van der Waals surface area contributed by atoms with Gasteiger partial charge >= 0.3 is 11.9 Å². The number of thiazole rings is 1. The monoisotopic (exact) mass is 494 g/mol. The van der Waals surface area contributed by atoms with Gasteiger partial charge < -0.3 is 19.3 Å². The molecular weight excluding hydrogens is 472 g/mol. The number of carbonyl (C=O) groups excluding carboxylic acids is 3. The van der Waals surface area contributed by atoms with Crippen molar-refractivity contribution in [2.45, 2.75) is 13.0 Å². The van der Waals surface area contributed by atoms with Gasteiger partial charge in [-0.1, -0.05) is 29.5 Å². The van der Waals surface area contributed by atoms with Crippen LogP contribution in [-0.2, 0) is 14.3 Å². The Labute approximate surface area is 205 Å². The maximum Gasteiger partial charge on any atom is 0.350 e. The zero-order valence-electron chi connectivity index (χ0n) is 19.4. The lowest BCUT2D eigenvalue weighted by Gasteiger charge is -2.24. The molecule has 10 heteroatoms. The number of hydrogen-bond donors (Lipinski definition) is 1. The van der Waals surface area contributed by atoms with E-state index in [9.17, 15) is 19.5 Å². The van der Waals surface area contributed by atoms with Gasteiger partial charge in [-0.15, -0.1) is 0 Å². The van der Waals surface area contributed by atoms with E-state index in [1.54, 1.807) is 55.5 Å². The molecule has 1 aromatic heterocycles. The second kappa shape index (κ2) is 9.59. The Balaban J connectivity index is 1.95. The fourth-order valence-electron chi connectivity index (χ4n) is 3.89. The van der Waals surface area contributed by atoms with Crippen LogP contribution in [0.3, 0.4) is 0 Å². The first-order valence-corrected chi connectivity index (χ1v) is 11.3. The summed E-state index contributed by atoms with van der Waals surface area (Å²) < 4.78 is 15.5. The van der Waals surface area contributed by atoms with Crippen molar-refractivity contribution in [3.05, 3.63) is 75.8 Å². The third kappa shape index (κ3) is 4.12. The summed E-state index contributed by atoms with van der Waals surface area (Å²) in [6.45, 7) is 1.61. The van der Waals surface area contributed by atoms with Crippen LogP contribution in [0.2, 0.25) is 0 Å². The summed E-state index contributed by atoms with van der Waals surface area (Å²) in [5.74, 6) is -1.76. The van der Waals surface area contributed by atoms with Crippen LogP contribution < -0.4 is 14.4 Å². The normalized spacial score (nSPS) is 16.9. The fourth-order valence-corrected chi connectivity index (χ4v) is 4.90. The Morgan fingerprint density at radius 1 is 1.03 bits per heavy atom. The molecule has 1 amide bonds. The van der Waals surface area contributed by atoms with Gasteiger partial charge in [0, 0.05) is 11.1 Å². The first-order valence-electron chi connectivity index (χ1n) is 10.5. The molecule has 4 rings (SSSR count). The molecule has 0 saturated carbocycles. The summed E-state index contributed by atoms with van der Waals surface area (Å²) in [6, 6.07) is 12.3. The molecule has 0 aliphatic carbocycles. The third-order valence-corrected chi connectivity index (χ3v) is 6.74. The highest BCUT2D eigenvalue weighted by Crippen LogP contribution is 2.46. The number of aliphatic hydroxyl groups excluding tert-OH is 1. The van der Waals surface area contributed by atoms with Gasteiger partial charge in [0.2, 0.25) is 0 Å². The molecule has 0 spiro atoms. The van der Waals surface area contributed by atoms with Gasteiger partial charge in [0.05, 0.1) is 32.6 Å². The predicted molar refractivity (Wildman–Crippen MR) is 129 cm³/mol. The topological polar surface area (TPSA) is 115 Å². The van der Waals surface area contributed by atoms with Crippen molar-refractivity contribution in [2.24, 2.45) is 0 Å². The SMILES string of the molecule is COC(=O)c1sc(N2C(=O)C(=O)C(=C(O)c3ccc(OC)cc3)C2c2ccccc2OC)nc1C. The van der Waals surface area contributed by atoms with Crippen molar-refractivity contribution in [1.29, 1.82) is 0 Å². The Hall–Kier alpha value is -4.18. The lowest BCUT2D eigenvalue weighted by Crippen LogP contribution is -2.29. The van der Waals surface area contributed by atoms with Crippen LogP contribution in [0.4, 0.5) is 5.13 Å². The Morgan fingerprint density at radius 3 is 2.34 bits per heavy atom. The van der Waals surface area contributed by atoms with Crippen LogP contribution in [0.5, 0.6) is 11.5 Å². The van der Waals surface area contributed by atoms with Crippen molar-refractivity contribution < 1.29 is 33.7 Å². The molecule has 1 saturated heterocycles. The number of carbonyl (C=O) groups is 3. The van der Waals surface area contributed by atoms with Crippen molar-refractivity contribution >= 4 is 39.9 Å². The molecule has 0 bridgehead atoms. The molecule has 1 atom stereocenters. The van der Waals surface area contributed by atoms with Gasteiger partial charge in [0.25, 0.3) is 5.78 Å². The number of Topliss-reactive ketones (excluding diaryl/α,β-unsaturated/α-hetero) is 1. The number of aliphatic hydroxyl groups is 1. The summed E-state index contributed by atoms with van der Waals surface area (Å²) in [5.41, 5.74) is 1.02. The van der Waals surface area contributed by atoms with Gasteiger partial charge in [0.15, 0.2) is 5.13 Å². The number of nitrogens with zero attached hydrogens (tertiary/aromatic N) is 2. The first kappa shape index (κ1) is 24.0. The number of aromatic nitrogens is 1. The van der Waals surface area contributed by atoms with Gasteiger partial charge in [-0.3, -0.25) is 14.5 Å². The molecule has 1 aliphatic rings. The van der Waals surface area contributed by atoms with Crippen LogP contribution in [0.1, 0.15) is 32.5 Å². The molecule has 1 aliphatic heterocycles. The smallest absolute Gasteiger partial charge is 0.350 e.